The summed E-state index contributed by atoms with van der Waals surface area (Å²) in [6.45, 7) is 10.8. The Labute approximate surface area is 98.0 Å². The maximum Gasteiger partial charge on any atom is 0.0664 e. The van der Waals surface area contributed by atoms with Crippen LogP contribution in [0.5, 0.6) is 0 Å². The Morgan fingerprint density at radius 2 is 2.19 bits per heavy atom. The first-order chi connectivity index (χ1) is 7.46. The highest BCUT2D eigenvalue weighted by Crippen LogP contribution is 2.63. The molecular formula is C13H23N3. The van der Waals surface area contributed by atoms with Crippen LogP contribution < -0.4 is 5.73 Å². The lowest BCUT2D eigenvalue weighted by Crippen LogP contribution is -2.06. The molecule has 2 atom stereocenters. The van der Waals surface area contributed by atoms with Crippen LogP contribution in [-0.2, 0) is 6.54 Å². The molecule has 90 valence electrons. The van der Waals surface area contributed by atoms with Gasteiger partial charge in [0, 0.05) is 18.7 Å². The van der Waals surface area contributed by atoms with Gasteiger partial charge in [-0.1, -0.05) is 27.7 Å². The molecule has 1 aromatic heterocycles. The Hall–Kier alpha value is -0.830. The number of aromatic nitrogens is 2. The minimum atomic E-state index is 0.339. The second-order valence-corrected chi connectivity index (χ2v) is 6.00. The van der Waals surface area contributed by atoms with Crippen LogP contribution >= 0.6 is 0 Å². The molecule has 3 nitrogen and oxygen atoms in total. The van der Waals surface area contributed by atoms with Gasteiger partial charge in [-0.15, -0.1) is 0 Å². The Balaban J connectivity index is 2.09. The summed E-state index contributed by atoms with van der Waals surface area (Å²) in [7, 11) is 0. The van der Waals surface area contributed by atoms with Gasteiger partial charge >= 0.3 is 0 Å². The summed E-state index contributed by atoms with van der Waals surface area (Å²) in [5.74, 6) is 1.81. The quantitative estimate of drug-likeness (QED) is 0.847. The van der Waals surface area contributed by atoms with Crippen LogP contribution in [0.25, 0.3) is 0 Å². The van der Waals surface area contributed by atoms with Gasteiger partial charge < -0.3 is 5.73 Å². The molecule has 1 aromatic rings. The molecule has 2 rings (SSSR count). The largest absolute Gasteiger partial charge is 0.330 e. The van der Waals surface area contributed by atoms with Crippen LogP contribution in [0.4, 0.5) is 0 Å². The highest BCUT2D eigenvalue weighted by atomic mass is 15.3. The van der Waals surface area contributed by atoms with E-state index in [1.165, 1.54) is 5.69 Å². The Morgan fingerprint density at radius 1 is 1.50 bits per heavy atom. The normalized spacial score (nSPS) is 27.4. The minimum absolute atomic E-state index is 0.339. The van der Waals surface area contributed by atoms with E-state index in [1.807, 2.05) is 0 Å². The molecule has 0 aliphatic heterocycles. The number of nitrogens with zero attached hydrogens (tertiary/aromatic N) is 2. The molecule has 1 aliphatic rings. The fourth-order valence-corrected chi connectivity index (χ4v) is 2.79. The third kappa shape index (κ3) is 1.88. The summed E-state index contributed by atoms with van der Waals surface area (Å²) in [6, 6.07) is 2.16. The van der Waals surface area contributed by atoms with E-state index in [2.05, 4.69) is 49.7 Å². The third-order valence-electron chi connectivity index (χ3n) is 3.84. The lowest BCUT2D eigenvalue weighted by Gasteiger charge is -2.04. The van der Waals surface area contributed by atoms with Crippen LogP contribution in [0.3, 0.4) is 0 Å². The first-order valence-corrected chi connectivity index (χ1v) is 6.20. The number of hydrogen-bond acceptors (Lipinski definition) is 2. The molecule has 0 unspecified atom stereocenters. The third-order valence-corrected chi connectivity index (χ3v) is 3.84. The van der Waals surface area contributed by atoms with E-state index >= 15 is 0 Å². The fraction of sp³-hybridized carbons (Fsp3) is 0.769. The van der Waals surface area contributed by atoms with Crippen molar-refractivity contribution >= 4 is 0 Å². The average Bonchev–Trinajstić information content (AvgIpc) is 2.55. The lowest BCUT2D eigenvalue weighted by atomic mass is 10.1. The van der Waals surface area contributed by atoms with Gasteiger partial charge in [-0.2, -0.15) is 5.10 Å². The van der Waals surface area contributed by atoms with Crippen molar-refractivity contribution in [2.24, 2.45) is 23.0 Å². The molecule has 0 amide bonds. The Kier molecular flexibility index (Phi) is 2.82. The van der Waals surface area contributed by atoms with Crippen molar-refractivity contribution in [3.05, 3.63) is 18.0 Å². The summed E-state index contributed by atoms with van der Waals surface area (Å²) < 4.78 is 2.06. The maximum atomic E-state index is 5.79. The lowest BCUT2D eigenvalue weighted by molar-refractivity contribution is 0.477. The van der Waals surface area contributed by atoms with E-state index in [-0.39, 0.29) is 0 Å². The first kappa shape index (κ1) is 11.6. The summed E-state index contributed by atoms with van der Waals surface area (Å²) >= 11 is 0. The van der Waals surface area contributed by atoms with E-state index < -0.39 is 0 Å². The van der Waals surface area contributed by atoms with Crippen LogP contribution in [0, 0.1) is 17.3 Å². The van der Waals surface area contributed by atoms with Crippen LogP contribution in [-0.4, -0.2) is 16.3 Å². The molecule has 0 radical (unpaired) electrons. The van der Waals surface area contributed by atoms with Gasteiger partial charge in [-0.05, 0) is 29.9 Å². The van der Waals surface area contributed by atoms with Crippen molar-refractivity contribution in [3.63, 3.8) is 0 Å². The molecule has 0 saturated heterocycles. The molecule has 1 fully saturated rings. The zero-order valence-corrected chi connectivity index (χ0v) is 10.8. The second kappa shape index (κ2) is 3.88. The molecule has 0 aromatic carbocycles. The standard InChI is InChI=1S/C13H23N3/c1-9(2)8-16-6-5-11(15-16)12-10(7-14)13(12,3)4/h5-6,9-10,12H,7-8,14H2,1-4H3/t10-,12+/m0/s1. The minimum Gasteiger partial charge on any atom is -0.330 e. The zero-order chi connectivity index (χ0) is 11.9. The van der Waals surface area contributed by atoms with Crippen LogP contribution in [0.15, 0.2) is 12.3 Å². The van der Waals surface area contributed by atoms with Crippen LogP contribution in [0.1, 0.15) is 39.3 Å². The topological polar surface area (TPSA) is 43.8 Å². The van der Waals surface area contributed by atoms with E-state index in [1.54, 1.807) is 0 Å². The van der Waals surface area contributed by atoms with Gasteiger partial charge in [0.15, 0.2) is 0 Å². The smallest absolute Gasteiger partial charge is 0.0664 e. The number of rotatable bonds is 4. The van der Waals surface area contributed by atoms with E-state index in [0.717, 1.165) is 13.1 Å². The van der Waals surface area contributed by atoms with Crippen molar-refractivity contribution in [2.75, 3.05) is 6.54 Å². The summed E-state index contributed by atoms with van der Waals surface area (Å²) in [6.07, 6.45) is 2.09. The van der Waals surface area contributed by atoms with E-state index in [4.69, 9.17) is 5.73 Å². The van der Waals surface area contributed by atoms with E-state index in [9.17, 15) is 0 Å². The zero-order valence-electron chi connectivity index (χ0n) is 10.8. The Morgan fingerprint density at radius 3 is 2.69 bits per heavy atom. The van der Waals surface area contributed by atoms with Crippen molar-refractivity contribution in [1.29, 1.82) is 0 Å². The van der Waals surface area contributed by atoms with Crippen LogP contribution in [0.2, 0.25) is 0 Å². The predicted molar refractivity (Wildman–Crippen MR) is 66.1 cm³/mol. The van der Waals surface area contributed by atoms with Gasteiger partial charge in [0.05, 0.1) is 5.69 Å². The van der Waals surface area contributed by atoms with Gasteiger partial charge in [0.2, 0.25) is 0 Å². The number of nitrogens with two attached hydrogens (primary N) is 1. The molecule has 1 saturated carbocycles. The van der Waals surface area contributed by atoms with Gasteiger partial charge in [0.25, 0.3) is 0 Å². The van der Waals surface area contributed by atoms with Crippen molar-refractivity contribution in [1.82, 2.24) is 9.78 Å². The van der Waals surface area contributed by atoms with Gasteiger partial charge in [-0.3, -0.25) is 4.68 Å². The first-order valence-electron chi connectivity index (χ1n) is 6.20. The maximum absolute atomic E-state index is 5.79. The van der Waals surface area contributed by atoms with Crippen molar-refractivity contribution in [3.8, 4) is 0 Å². The molecule has 2 N–H and O–H groups in total. The van der Waals surface area contributed by atoms with E-state index in [0.29, 0.717) is 23.2 Å². The number of hydrogen-bond donors (Lipinski definition) is 1. The van der Waals surface area contributed by atoms with Gasteiger partial charge in [0.1, 0.15) is 0 Å². The second-order valence-electron chi connectivity index (χ2n) is 6.00. The van der Waals surface area contributed by atoms with Gasteiger partial charge in [-0.25, -0.2) is 0 Å². The summed E-state index contributed by atoms with van der Waals surface area (Å²) in [4.78, 5) is 0. The molecule has 1 aliphatic carbocycles. The van der Waals surface area contributed by atoms with Crippen molar-refractivity contribution in [2.45, 2.75) is 40.2 Å². The molecule has 1 heterocycles. The monoisotopic (exact) mass is 221 g/mol. The average molecular weight is 221 g/mol. The molecule has 0 spiro atoms. The summed E-state index contributed by atoms with van der Waals surface area (Å²) in [5.41, 5.74) is 7.35. The molecule has 16 heavy (non-hydrogen) atoms. The fourth-order valence-electron chi connectivity index (χ4n) is 2.79. The molecule has 3 heteroatoms. The highest BCUT2D eigenvalue weighted by Gasteiger charge is 2.58. The molecular weight excluding hydrogens is 198 g/mol. The Bertz CT molecular complexity index is 365. The highest BCUT2D eigenvalue weighted by molar-refractivity contribution is 5.25. The summed E-state index contributed by atoms with van der Waals surface area (Å²) in [5, 5.41) is 4.67. The SMILES string of the molecule is CC(C)Cn1ccc([C@H]2[C@H](CN)C2(C)C)n1. The molecule has 0 bridgehead atoms. The van der Waals surface area contributed by atoms with Crippen molar-refractivity contribution < 1.29 is 0 Å². The predicted octanol–water partition coefficient (Wildman–Crippen LogP) is 2.24.